The highest BCUT2D eigenvalue weighted by molar-refractivity contribution is 6.06. The molecule has 2 heterocycles. The van der Waals surface area contributed by atoms with Crippen molar-refractivity contribution in [3.05, 3.63) is 41.6 Å². The molecule has 0 aliphatic carbocycles. The first-order valence-corrected chi connectivity index (χ1v) is 9.88. The normalized spacial score (nSPS) is 18.4. The van der Waals surface area contributed by atoms with Crippen molar-refractivity contribution in [3.63, 3.8) is 0 Å². The van der Waals surface area contributed by atoms with E-state index in [4.69, 9.17) is 14.5 Å². The minimum absolute atomic E-state index is 0.112. The van der Waals surface area contributed by atoms with Crippen LogP contribution in [0, 0.1) is 5.41 Å². The van der Waals surface area contributed by atoms with E-state index < -0.39 is 0 Å². The Morgan fingerprint density at radius 3 is 2.89 bits per heavy atom. The molecule has 0 radical (unpaired) electrons. The fraction of sp³-hybridized carbons (Fsp3) is 0.545. The monoisotopic (exact) mass is 385 g/mol. The number of hydrogen-bond donors (Lipinski definition) is 1. The van der Waals surface area contributed by atoms with E-state index in [2.05, 4.69) is 31.0 Å². The maximum atomic E-state index is 12.8. The first-order chi connectivity index (χ1) is 13.4. The van der Waals surface area contributed by atoms with Crippen molar-refractivity contribution in [2.45, 2.75) is 26.9 Å². The number of methoxy groups -OCH3 is 1. The van der Waals surface area contributed by atoms with Gasteiger partial charge in [-0.1, -0.05) is 39.0 Å². The first kappa shape index (κ1) is 20.7. The summed E-state index contributed by atoms with van der Waals surface area (Å²) in [6.45, 7) is 11.1. The molecule has 2 aromatic rings. The Kier molecular flexibility index (Phi) is 6.65. The molecular weight excluding hydrogens is 354 g/mol. The Balaban J connectivity index is 1.88. The number of nitrogens with one attached hydrogen (secondary N) is 1. The van der Waals surface area contributed by atoms with Crippen LogP contribution in [0.2, 0.25) is 0 Å². The predicted octanol–water partition coefficient (Wildman–Crippen LogP) is 3.03. The van der Waals surface area contributed by atoms with E-state index in [-0.39, 0.29) is 17.4 Å². The van der Waals surface area contributed by atoms with E-state index >= 15 is 0 Å². The van der Waals surface area contributed by atoms with Gasteiger partial charge < -0.3 is 14.8 Å². The summed E-state index contributed by atoms with van der Waals surface area (Å²) in [5.74, 6) is -0.112. The lowest BCUT2D eigenvalue weighted by Gasteiger charge is -2.36. The second-order valence-electron chi connectivity index (χ2n) is 8.52. The molecule has 1 amide bonds. The third-order valence-corrected chi connectivity index (χ3v) is 4.75. The van der Waals surface area contributed by atoms with E-state index in [0.29, 0.717) is 25.3 Å². The van der Waals surface area contributed by atoms with Gasteiger partial charge in [0.25, 0.3) is 5.91 Å². The van der Waals surface area contributed by atoms with Crippen molar-refractivity contribution in [3.8, 4) is 0 Å². The SMILES string of the molecule is COCCNC(=O)c1cc([C@H]2CN(CC(C)(C)C)CCO2)nc2ccccc12. The van der Waals surface area contributed by atoms with Crippen molar-refractivity contribution < 1.29 is 14.3 Å². The number of para-hydroxylation sites is 1. The maximum absolute atomic E-state index is 12.8. The number of ether oxygens (including phenoxy) is 2. The van der Waals surface area contributed by atoms with Gasteiger partial charge in [-0.25, -0.2) is 4.98 Å². The van der Waals surface area contributed by atoms with Crippen LogP contribution in [-0.2, 0) is 9.47 Å². The Labute approximate surface area is 167 Å². The summed E-state index contributed by atoms with van der Waals surface area (Å²) in [6.07, 6.45) is -0.133. The number of aromatic nitrogens is 1. The molecule has 28 heavy (non-hydrogen) atoms. The molecule has 1 aliphatic rings. The fourth-order valence-corrected chi connectivity index (χ4v) is 3.61. The van der Waals surface area contributed by atoms with Gasteiger partial charge in [0, 0.05) is 38.7 Å². The third-order valence-electron chi connectivity index (χ3n) is 4.75. The molecule has 1 aliphatic heterocycles. The number of morpholine rings is 1. The number of amides is 1. The second-order valence-corrected chi connectivity index (χ2v) is 8.52. The van der Waals surface area contributed by atoms with E-state index in [1.165, 1.54) is 0 Å². The summed E-state index contributed by atoms with van der Waals surface area (Å²) < 4.78 is 11.1. The van der Waals surface area contributed by atoms with Crippen molar-refractivity contribution in [1.82, 2.24) is 15.2 Å². The molecule has 152 valence electrons. The van der Waals surface area contributed by atoms with Crippen LogP contribution in [0.4, 0.5) is 0 Å². The smallest absolute Gasteiger partial charge is 0.252 e. The van der Waals surface area contributed by atoms with Gasteiger partial charge in [-0.15, -0.1) is 0 Å². The quantitative estimate of drug-likeness (QED) is 0.775. The first-order valence-electron chi connectivity index (χ1n) is 9.88. The van der Waals surface area contributed by atoms with E-state index in [1.807, 2.05) is 30.3 Å². The molecule has 0 saturated carbocycles. The topological polar surface area (TPSA) is 63.7 Å². The number of hydrogen-bond acceptors (Lipinski definition) is 5. The van der Waals surface area contributed by atoms with Gasteiger partial charge >= 0.3 is 0 Å². The van der Waals surface area contributed by atoms with Gasteiger partial charge in [-0.2, -0.15) is 0 Å². The number of pyridine rings is 1. The van der Waals surface area contributed by atoms with Crippen LogP contribution in [0.5, 0.6) is 0 Å². The Morgan fingerprint density at radius 2 is 2.14 bits per heavy atom. The highest BCUT2D eigenvalue weighted by Gasteiger charge is 2.27. The van der Waals surface area contributed by atoms with Gasteiger partial charge in [-0.05, 0) is 17.5 Å². The van der Waals surface area contributed by atoms with E-state index in [0.717, 1.165) is 36.2 Å². The minimum Gasteiger partial charge on any atom is -0.383 e. The van der Waals surface area contributed by atoms with Gasteiger partial charge in [0.2, 0.25) is 0 Å². The third kappa shape index (κ3) is 5.28. The van der Waals surface area contributed by atoms with Crippen LogP contribution in [-0.4, -0.2) is 62.3 Å². The van der Waals surface area contributed by atoms with Crippen LogP contribution < -0.4 is 5.32 Å². The molecule has 1 atom stereocenters. The average Bonchev–Trinajstić information content (AvgIpc) is 2.66. The van der Waals surface area contributed by atoms with Crippen molar-refractivity contribution >= 4 is 16.8 Å². The Hall–Kier alpha value is -2.02. The van der Waals surface area contributed by atoms with E-state index in [1.54, 1.807) is 7.11 Å². The highest BCUT2D eigenvalue weighted by Crippen LogP contribution is 2.27. The summed E-state index contributed by atoms with van der Waals surface area (Å²) in [5, 5.41) is 3.77. The Bertz CT molecular complexity index is 816. The van der Waals surface area contributed by atoms with Crippen LogP contribution in [0.3, 0.4) is 0 Å². The molecule has 1 aromatic heterocycles. The largest absolute Gasteiger partial charge is 0.383 e. The van der Waals surface area contributed by atoms with Crippen LogP contribution in [0.1, 0.15) is 42.9 Å². The minimum atomic E-state index is -0.133. The number of nitrogens with zero attached hydrogens (tertiary/aromatic N) is 2. The lowest BCUT2D eigenvalue weighted by atomic mass is 9.95. The molecule has 0 unspecified atom stereocenters. The van der Waals surface area contributed by atoms with Crippen molar-refractivity contribution in [2.75, 3.05) is 46.5 Å². The maximum Gasteiger partial charge on any atom is 0.252 e. The number of fused-ring (bicyclic) bond motifs is 1. The number of carbonyl (C=O) groups excluding carboxylic acids is 1. The molecule has 1 aromatic carbocycles. The molecular formula is C22H31N3O3. The lowest BCUT2D eigenvalue weighted by molar-refractivity contribution is -0.0406. The van der Waals surface area contributed by atoms with Gasteiger partial charge in [0.05, 0.1) is 30.0 Å². The van der Waals surface area contributed by atoms with Crippen molar-refractivity contribution in [1.29, 1.82) is 0 Å². The zero-order valence-electron chi connectivity index (χ0n) is 17.3. The standard InChI is InChI=1S/C22H31N3O3/c1-22(2,3)15-25-10-12-28-20(14-25)19-13-17(21(26)23-9-11-27-4)16-7-5-6-8-18(16)24-19/h5-8,13,20H,9-12,14-15H2,1-4H3,(H,23,26)/t20-/m1/s1. The Morgan fingerprint density at radius 1 is 1.36 bits per heavy atom. The molecule has 0 bridgehead atoms. The molecule has 6 nitrogen and oxygen atoms in total. The highest BCUT2D eigenvalue weighted by atomic mass is 16.5. The fourth-order valence-electron chi connectivity index (χ4n) is 3.61. The van der Waals surface area contributed by atoms with E-state index in [9.17, 15) is 4.79 Å². The summed E-state index contributed by atoms with van der Waals surface area (Å²) in [5.41, 5.74) is 2.49. The molecule has 3 rings (SSSR count). The van der Waals surface area contributed by atoms with Crippen LogP contribution >= 0.6 is 0 Å². The zero-order chi connectivity index (χ0) is 20.1. The second kappa shape index (κ2) is 8.99. The summed E-state index contributed by atoms with van der Waals surface area (Å²) in [4.78, 5) is 20.0. The molecule has 6 heteroatoms. The predicted molar refractivity (Wildman–Crippen MR) is 111 cm³/mol. The number of rotatable bonds is 6. The molecule has 1 fully saturated rings. The average molecular weight is 386 g/mol. The lowest BCUT2D eigenvalue weighted by Crippen LogP contribution is -2.42. The summed E-state index contributed by atoms with van der Waals surface area (Å²) >= 11 is 0. The van der Waals surface area contributed by atoms with Gasteiger partial charge in [0.15, 0.2) is 0 Å². The number of carbonyl (C=O) groups is 1. The van der Waals surface area contributed by atoms with Gasteiger partial charge in [0.1, 0.15) is 6.10 Å². The molecule has 1 N–H and O–H groups in total. The molecule has 0 spiro atoms. The summed E-state index contributed by atoms with van der Waals surface area (Å²) in [6, 6.07) is 9.64. The van der Waals surface area contributed by atoms with Crippen molar-refractivity contribution in [2.24, 2.45) is 5.41 Å². The molecule has 1 saturated heterocycles. The van der Waals surface area contributed by atoms with Crippen LogP contribution in [0.15, 0.2) is 30.3 Å². The van der Waals surface area contributed by atoms with Crippen LogP contribution in [0.25, 0.3) is 10.9 Å². The number of benzene rings is 1. The summed E-state index contributed by atoms with van der Waals surface area (Å²) in [7, 11) is 1.62. The zero-order valence-corrected chi connectivity index (χ0v) is 17.3. The van der Waals surface area contributed by atoms with Gasteiger partial charge in [-0.3, -0.25) is 9.69 Å².